The van der Waals surface area contributed by atoms with Crippen LogP contribution in [0, 0.1) is 0 Å². The maximum atomic E-state index is 11.1. The number of likely N-dealkylation sites (N-methyl/N-ethyl adjacent to an activating group) is 1. The van der Waals surface area contributed by atoms with E-state index in [2.05, 4.69) is 0 Å². The van der Waals surface area contributed by atoms with Crippen molar-refractivity contribution >= 4 is 8.25 Å². The number of aliphatic hydroxyl groups excluding tert-OH is 2. The van der Waals surface area contributed by atoms with Gasteiger partial charge in [-0.25, -0.2) is 0 Å². The molecule has 0 aromatic carbocycles. The Bertz CT molecular complexity index is 194. The van der Waals surface area contributed by atoms with Crippen LogP contribution >= 0.6 is 8.25 Å². The first-order chi connectivity index (χ1) is 6.85. The van der Waals surface area contributed by atoms with Crippen LogP contribution in [0.2, 0.25) is 0 Å². The highest BCUT2D eigenvalue weighted by Gasteiger charge is 2.09. The van der Waals surface area contributed by atoms with Gasteiger partial charge in [-0.15, -0.1) is 0 Å². The molecule has 7 heteroatoms. The first kappa shape index (κ1) is 15.0. The molecule has 0 saturated heterocycles. The molecule has 2 N–H and O–H groups in total. The van der Waals surface area contributed by atoms with Gasteiger partial charge in [0, 0.05) is 0 Å². The minimum absolute atomic E-state index is 0.168. The molecule has 0 aromatic rings. The van der Waals surface area contributed by atoms with Gasteiger partial charge in [0.1, 0.15) is 19.3 Å². The van der Waals surface area contributed by atoms with Gasteiger partial charge in [0.2, 0.25) is 0 Å². The van der Waals surface area contributed by atoms with E-state index in [1.54, 1.807) is 0 Å². The van der Waals surface area contributed by atoms with Crippen LogP contribution in [-0.4, -0.2) is 68.3 Å². The molecule has 0 aliphatic carbocycles. The minimum Gasteiger partial charge on any atom is -0.394 e. The molecule has 6 nitrogen and oxygen atoms in total. The molecule has 0 radical (unpaired) electrons. The molecule has 0 rings (SSSR count). The van der Waals surface area contributed by atoms with E-state index < -0.39 is 21.0 Å². The first-order valence-corrected chi connectivity index (χ1v) is 5.96. The summed E-state index contributed by atoms with van der Waals surface area (Å²) in [6.07, 6.45) is -0.999. The highest BCUT2D eigenvalue weighted by Crippen LogP contribution is 2.23. The van der Waals surface area contributed by atoms with E-state index in [0.29, 0.717) is 11.1 Å². The molecule has 15 heavy (non-hydrogen) atoms. The molecule has 0 saturated carbocycles. The van der Waals surface area contributed by atoms with Crippen LogP contribution in [0.15, 0.2) is 0 Å². The molecule has 92 valence electrons. The predicted molar refractivity (Wildman–Crippen MR) is 56.9 cm³/mol. The largest absolute Gasteiger partial charge is 0.394 e. The fourth-order valence-corrected chi connectivity index (χ4v) is 1.33. The number of quaternary nitrogens is 1. The summed E-state index contributed by atoms with van der Waals surface area (Å²) in [7, 11) is 3.44. The van der Waals surface area contributed by atoms with Crippen molar-refractivity contribution in [1.29, 1.82) is 0 Å². The van der Waals surface area contributed by atoms with Crippen molar-refractivity contribution < 1.29 is 28.3 Å². The average molecular weight is 242 g/mol. The molecule has 0 fully saturated rings. The van der Waals surface area contributed by atoms with Crippen LogP contribution < -0.4 is 0 Å². The van der Waals surface area contributed by atoms with E-state index in [0.717, 1.165) is 6.54 Å². The van der Waals surface area contributed by atoms with Gasteiger partial charge in [0.15, 0.2) is 0 Å². The highest BCUT2D eigenvalue weighted by molar-refractivity contribution is 7.33. The second-order valence-electron chi connectivity index (χ2n) is 4.26. The van der Waals surface area contributed by atoms with Crippen LogP contribution in [0.3, 0.4) is 0 Å². The lowest BCUT2D eigenvalue weighted by Crippen LogP contribution is -2.37. The lowest BCUT2D eigenvalue weighted by Gasteiger charge is -2.23. The van der Waals surface area contributed by atoms with Gasteiger partial charge in [0.05, 0.1) is 34.4 Å². The zero-order valence-corrected chi connectivity index (χ0v) is 10.5. The van der Waals surface area contributed by atoms with E-state index in [1.807, 2.05) is 21.1 Å². The Balaban J connectivity index is 3.50. The van der Waals surface area contributed by atoms with Crippen molar-refractivity contribution in [2.75, 3.05) is 47.5 Å². The monoisotopic (exact) mass is 242 g/mol. The summed E-state index contributed by atoms with van der Waals surface area (Å²) in [6, 6.07) is 0. The first-order valence-electron chi connectivity index (χ1n) is 4.74. The van der Waals surface area contributed by atoms with Crippen molar-refractivity contribution in [2.45, 2.75) is 6.10 Å². The summed E-state index contributed by atoms with van der Waals surface area (Å²) in [5, 5.41) is 17.4. The standard InChI is InChI=1S/C8H21NO5P/c1-9(2,3)4-5-13-15(12)14-7-8(11)6-10/h8,10-11,15H,4-7H2,1-3H3/q+1/t8-/m1/s1. The maximum absolute atomic E-state index is 11.1. The molecule has 1 unspecified atom stereocenters. The Hall–Kier alpha value is 0.0300. The number of aliphatic hydroxyl groups is 2. The molecular weight excluding hydrogens is 221 g/mol. The van der Waals surface area contributed by atoms with Crippen molar-refractivity contribution in [3.63, 3.8) is 0 Å². The van der Waals surface area contributed by atoms with Crippen LogP contribution in [0.1, 0.15) is 0 Å². The fraction of sp³-hybridized carbons (Fsp3) is 1.00. The zero-order valence-electron chi connectivity index (χ0n) is 9.47. The highest BCUT2D eigenvalue weighted by atomic mass is 31.1. The molecule has 0 aromatic heterocycles. The molecule has 0 heterocycles. The number of nitrogens with zero attached hydrogens (tertiary/aromatic N) is 1. The molecular formula is C8H21NO5P+. The van der Waals surface area contributed by atoms with Crippen molar-refractivity contribution in [2.24, 2.45) is 0 Å². The fourth-order valence-electron chi connectivity index (χ4n) is 0.661. The quantitative estimate of drug-likeness (QED) is 0.442. The summed E-state index contributed by atoms with van der Waals surface area (Å²) in [5.41, 5.74) is 0. The average Bonchev–Trinajstić information content (AvgIpc) is 2.12. The van der Waals surface area contributed by atoms with Gasteiger partial charge in [-0.05, 0) is 0 Å². The van der Waals surface area contributed by atoms with Crippen LogP contribution in [0.5, 0.6) is 0 Å². The van der Waals surface area contributed by atoms with E-state index in [9.17, 15) is 4.57 Å². The van der Waals surface area contributed by atoms with Crippen molar-refractivity contribution in [1.82, 2.24) is 0 Å². The van der Waals surface area contributed by atoms with Crippen LogP contribution in [-0.2, 0) is 13.6 Å². The summed E-state index contributed by atoms with van der Waals surface area (Å²) in [5.74, 6) is 0. The Morgan fingerprint density at radius 2 is 1.93 bits per heavy atom. The number of hydrogen-bond donors (Lipinski definition) is 2. The van der Waals surface area contributed by atoms with Gasteiger partial charge in [-0.2, -0.15) is 0 Å². The van der Waals surface area contributed by atoms with E-state index in [-0.39, 0.29) is 6.61 Å². The minimum atomic E-state index is -2.55. The lowest BCUT2D eigenvalue weighted by molar-refractivity contribution is -0.870. The van der Waals surface area contributed by atoms with Crippen LogP contribution in [0.25, 0.3) is 0 Å². The smallest absolute Gasteiger partial charge is 0.319 e. The second-order valence-corrected chi connectivity index (χ2v) is 5.34. The summed E-state index contributed by atoms with van der Waals surface area (Å²) >= 11 is 0. The number of hydrogen-bond acceptors (Lipinski definition) is 5. The van der Waals surface area contributed by atoms with E-state index >= 15 is 0 Å². The third-order valence-electron chi connectivity index (χ3n) is 1.59. The predicted octanol–water partition coefficient (Wildman–Crippen LogP) is -0.531. The summed E-state index contributed by atoms with van der Waals surface area (Å²) in [6.45, 7) is 0.492. The maximum Gasteiger partial charge on any atom is 0.319 e. The molecule has 0 aliphatic heterocycles. The van der Waals surface area contributed by atoms with E-state index in [1.165, 1.54) is 0 Å². The van der Waals surface area contributed by atoms with Gasteiger partial charge >= 0.3 is 8.25 Å². The second kappa shape index (κ2) is 7.33. The summed E-state index contributed by atoms with van der Waals surface area (Å²) < 4.78 is 21.5. The Morgan fingerprint density at radius 1 is 1.33 bits per heavy atom. The van der Waals surface area contributed by atoms with Crippen molar-refractivity contribution in [3.8, 4) is 0 Å². The normalized spacial score (nSPS) is 16.3. The van der Waals surface area contributed by atoms with Crippen molar-refractivity contribution in [3.05, 3.63) is 0 Å². The Labute approximate surface area is 91.0 Å². The third-order valence-corrected chi connectivity index (χ3v) is 2.43. The molecule has 0 aliphatic rings. The molecule has 0 bridgehead atoms. The van der Waals surface area contributed by atoms with Crippen LogP contribution in [0.4, 0.5) is 0 Å². The number of rotatable bonds is 8. The third kappa shape index (κ3) is 10.3. The van der Waals surface area contributed by atoms with Gasteiger partial charge in [-0.1, -0.05) is 0 Å². The molecule has 0 amide bonds. The Morgan fingerprint density at radius 3 is 2.40 bits per heavy atom. The SMILES string of the molecule is C[N+](C)(C)CCO[PH](=O)OC[C@H](O)CO. The molecule has 2 atom stereocenters. The van der Waals surface area contributed by atoms with Gasteiger partial charge < -0.3 is 23.7 Å². The lowest BCUT2D eigenvalue weighted by atomic mass is 10.4. The zero-order chi connectivity index (χ0) is 11.9. The van der Waals surface area contributed by atoms with Gasteiger partial charge in [-0.3, -0.25) is 4.57 Å². The van der Waals surface area contributed by atoms with E-state index in [4.69, 9.17) is 19.3 Å². The van der Waals surface area contributed by atoms with Gasteiger partial charge in [0.25, 0.3) is 0 Å². The molecule has 0 spiro atoms. The Kier molecular flexibility index (Phi) is 7.34. The summed E-state index contributed by atoms with van der Waals surface area (Å²) in [4.78, 5) is 0. The topological polar surface area (TPSA) is 76.0 Å².